The lowest BCUT2D eigenvalue weighted by Crippen LogP contribution is -2.53. The zero-order valence-electron chi connectivity index (χ0n) is 11.8. The number of likely N-dealkylation sites (tertiary alicyclic amines) is 1. The van der Waals surface area contributed by atoms with Crippen molar-refractivity contribution in [3.05, 3.63) is 0 Å². The second-order valence-corrected chi connectivity index (χ2v) is 6.18. The summed E-state index contributed by atoms with van der Waals surface area (Å²) in [4.78, 5) is 13.4. The highest BCUT2D eigenvalue weighted by atomic mass is 19.1. The van der Waals surface area contributed by atoms with E-state index in [1.54, 1.807) is 27.7 Å². The highest BCUT2D eigenvalue weighted by Crippen LogP contribution is 2.32. The summed E-state index contributed by atoms with van der Waals surface area (Å²) in [5, 5.41) is 0. The lowest BCUT2D eigenvalue weighted by atomic mass is 9.83. The van der Waals surface area contributed by atoms with Crippen LogP contribution in [0.1, 0.15) is 40.5 Å². The molecule has 106 valence electrons. The molecule has 0 radical (unpaired) electrons. The minimum Gasteiger partial charge on any atom is -0.444 e. The van der Waals surface area contributed by atoms with Gasteiger partial charge in [-0.3, -0.25) is 0 Å². The van der Waals surface area contributed by atoms with Gasteiger partial charge in [-0.2, -0.15) is 0 Å². The van der Waals surface area contributed by atoms with Crippen LogP contribution in [0.2, 0.25) is 0 Å². The maximum atomic E-state index is 14.7. The van der Waals surface area contributed by atoms with Crippen molar-refractivity contribution in [1.82, 2.24) is 4.90 Å². The fourth-order valence-corrected chi connectivity index (χ4v) is 2.13. The van der Waals surface area contributed by atoms with E-state index >= 15 is 0 Å². The Bertz CT molecular complexity index is 304. The van der Waals surface area contributed by atoms with Gasteiger partial charge in [-0.25, -0.2) is 9.18 Å². The van der Waals surface area contributed by atoms with Crippen LogP contribution in [-0.2, 0) is 4.74 Å². The normalized spacial score (nSPS) is 26.9. The molecule has 1 heterocycles. The van der Waals surface area contributed by atoms with E-state index in [1.165, 1.54) is 4.90 Å². The molecule has 0 saturated carbocycles. The van der Waals surface area contributed by atoms with Crippen molar-refractivity contribution in [2.24, 2.45) is 11.7 Å². The van der Waals surface area contributed by atoms with Crippen LogP contribution in [0.4, 0.5) is 9.18 Å². The summed E-state index contributed by atoms with van der Waals surface area (Å²) in [5.41, 5.74) is 3.60. The summed E-state index contributed by atoms with van der Waals surface area (Å²) in [7, 11) is 0. The largest absolute Gasteiger partial charge is 0.444 e. The zero-order chi connectivity index (χ0) is 14.0. The van der Waals surface area contributed by atoms with Crippen LogP contribution in [0.25, 0.3) is 0 Å². The van der Waals surface area contributed by atoms with Gasteiger partial charge in [-0.05, 0) is 40.2 Å². The molecule has 0 aromatic rings. The molecule has 2 atom stereocenters. The van der Waals surface area contributed by atoms with E-state index in [0.717, 1.165) is 0 Å². The van der Waals surface area contributed by atoms with E-state index in [-0.39, 0.29) is 12.5 Å². The molecule has 0 spiro atoms. The monoisotopic (exact) mass is 260 g/mol. The third-order valence-corrected chi connectivity index (χ3v) is 3.36. The van der Waals surface area contributed by atoms with Crippen LogP contribution in [0.3, 0.4) is 0 Å². The number of hydrogen-bond donors (Lipinski definition) is 1. The fourth-order valence-electron chi connectivity index (χ4n) is 2.13. The second kappa shape index (κ2) is 5.43. The van der Waals surface area contributed by atoms with E-state index in [4.69, 9.17) is 10.5 Å². The van der Waals surface area contributed by atoms with Gasteiger partial charge < -0.3 is 15.4 Å². The summed E-state index contributed by atoms with van der Waals surface area (Å²) >= 11 is 0. The first-order chi connectivity index (χ1) is 8.18. The molecular formula is C13H25FN2O2. The van der Waals surface area contributed by atoms with Crippen molar-refractivity contribution in [1.29, 1.82) is 0 Å². The molecule has 0 aromatic carbocycles. The summed E-state index contributed by atoms with van der Waals surface area (Å²) in [6, 6.07) is 0. The molecule has 1 rings (SSSR count). The molecule has 0 aliphatic carbocycles. The van der Waals surface area contributed by atoms with Crippen LogP contribution in [0.15, 0.2) is 0 Å². The Morgan fingerprint density at radius 2 is 2.17 bits per heavy atom. The molecular weight excluding hydrogens is 235 g/mol. The Morgan fingerprint density at radius 3 is 2.67 bits per heavy atom. The van der Waals surface area contributed by atoms with Crippen molar-refractivity contribution >= 4 is 6.09 Å². The van der Waals surface area contributed by atoms with Crippen molar-refractivity contribution in [3.63, 3.8) is 0 Å². The van der Waals surface area contributed by atoms with E-state index in [9.17, 15) is 9.18 Å². The Balaban J connectivity index is 2.66. The molecule has 2 unspecified atom stereocenters. The lowest BCUT2D eigenvalue weighted by molar-refractivity contribution is -0.0213. The maximum Gasteiger partial charge on any atom is 0.410 e. The Labute approximate surface area is 109 Å². The topological polar surface area (TPSA) is 55.6 Å². The molecule has 1 aliphatic heterocycles. The van der Waals surface area contributed by atoms with E-state index in [1.807, 2.05) is 0 Å². The first-order valence-corrected chi connectivity index (χ1v) is 6.55. The third-order valence-electron chi connectivity index (χ3n) is 3.36. The average molecular weight is 260 g/mol. The SMILES string of the molecule is CC(CN)C1(F)CCCN(C(=O)OC(C)(C)C)C1. The maximum absolute atomic E-state index is 14.7. The number of nitrogens with two attached hydrogens (primary N) is 1. The van der Waals surface area contributed by atoms with E-state index in [0.29, 0.717) is 25.9 Å². The first-order valence-electron chi connectivity index (χ1n) is 6.55. The Hall–Kier alpha value is -0.840. The first kappa shape index (κ1) is 15.2. The van der Waals surface area contributed by atoms with Gasteiger partial charge in [0.05, 0.1) is 6.54 Å². The lowest BCUT2D eigenvalue weighted by Gasteiger charge is -2.40. The molecule has 4 nitrogen and oxygen atoms in total. The highest BCUT2D eigenvalue weighted by molar-refractivity contribution is 5.68. The van der Waals surface area contributed by atoms with Crippen LogP contribution in [-0.4, -0.2) is 41.9 Å². The number of hydrogen-bond acceptors (Lipinski definition) is 3. The minimum absolute atomic E-state index is 0.0836. The highest BCUT2D eigenvalue weighted by Gasteiger charge is 2.42. The van der Waals surface area contributed by atoms with Crippen molar-refractivity contribution in [2.75, 3.05) is 19.6 Å². The van der Waals surface area contributed by atoms with Crippen LogP contribution in [0, 0.1) is 5.92 Å². The summed E-state index contributed by atoms with van der Waals surface area (Å²) in [5.74, 6) is -0.247. The molecule has 0 bridgehead atoms. The number of carbonyl (C=O) groups is 1. The predicted molar refractivity (Wildman–Crippen MR) is 69.1 cm³/mol. The quantitative estimate of drug-likeness (QED) is 0.829. The average Bonchev–Trinajstić information content (AvgIpc) is 2.25. The molecule has 1 saturated heterocycles. The third kappa shape index (κ3) is 3.83. The summed E-state index contributed by atoms with van der Waals surface area (Å²) in [6.07, 6.45) is 0.679. The molecule has 1 amide bonds. The molecule has 1 fully saturated rings. The van der Waals surface area contributed by atoms with Gasteiger partial charge in [0.2, 0.25) is 0 Å². The number of piperidine rings is 1. The summed E-state index contributed by atoms with van der Waals surface area (Å²) in [6.45, 7) is 8.13. The van der Waals surface area contributed by atoms with Crippen LogP contribution >= 0.6 is 0 Å². The molecule has 18 heavy (non-hydrogen) atoms. The zero-order valence-corrected chi connectivity index (χ0v) is 11.8. The fraction of sp³-hybridized carbons (Fsp3) is 0.923. The standard InChI is InChI=1S/C13H25FN2O2/c1-10(8-15)13(14)6-5-7-16(9-13)11(17)18-12(2,3)4/h10H,5-9,15H2,1-4H3. The van der Waals surface area contributed by atoms with Gasteiger partial charge in [0, 0.05) is 12.5 Å². The molecule has 5 heteroatoms. The number of nitrogens with zero attached hydrogens (tertiary/aromatic N) is 1. The predicted octanol–water partition coefficient (Wildman–Crippen LogP) is 2.32. The molecule has 1 aliphatic rings. The van der Waals surface area contributed by atoms with E-state index < -0.39 is 17.4 Å². The molecule has 0 aromatic heterocycles. The van der Waals surface area contributed by atoms with Crippen LogP contribution < -0.4 is 5.73 Å². The number of rotatable bonds is 2. The molecule has 2 N–H and O–H groups in total. The number of ether oxygens (including phenoxy) is 1. The van der Waals surface area contributed by atoms with E-state index in [2.05, 4.69) is 0 Å². The van der Waals surface area contributed by atoms with Gasteiger partial charge in [-0.1, -0.05) is 6.92 Å². The van der Waals surface area contributed by atoms with Gasteiger partial charge in [0.15, 0.2) is 0 Å². The Kier molecular flexibility index (Phi) is 4.59. The smallest absolute Gasteiger partial charge is 0.410 e. The van der Waals surface area contributed by atoms with Crippen molar-refractivity contribution in [3.8, 4) is 0 Å². The Morgan fingerprint density at radius 1 is 1.56 bits per heavy atom. The van der Waals surface area contributed by atoms with Crippen molar-refractivity contribution in [2.45, 2.75) is 51.8 Å². The number of alkyl halides is 1. The minimum atomic E-state index is -1.39. The van der Waals surface area contributed by atoms with Gasteiger partial charge in [0.25, 0.3) is 0 Å². The number of carbonyl (C=O) groups excluding carboxylic acids is 1. The second-order valence-electron chi connectivity index (χ2n) is 6.18. The van der Waals surface area contributed by atoms with Gasteiger partial charge in [-0.15, -0.1) is 0 Å². The van der Waals surface area contributed by atoms with Crippen LogP contribution in [0.5, 0.6) is 0 Å². The van der Waals surface area contributed by atoms with Gasteiger partial charge in [0.1, 0.15) is 11.3 Å². The number of amides is 1. The number of halogens is 1. The van der Waals surface area contributed by atoms with Crippen molar-refractivity contribution < 1.29 is 13.9 Å². The summed E-state index contributed by atoms with van der Waals surface area (Å²) < 4.78 is 20.0. The van der Waals surface area contributed by atoms with Gasteiger partial charge >= 0.3 is 6.09 Å².